The van der Waals surface area contributed by atoms with Crippen molar-refractivity contribution >= 4 is 10.4 Å². The summed E-state index contributed by atoms with van der Waals surface area (Å²) < 4.78 is 16.5. The number of hydrogen-bond donors (Lipinski definition) is 1. The van der Waals surface area contributed by atoms with Crippen molar-refractivity contribution in [1.29, 1.82) is 0 Å². The third-order valence-electron chi connectivity index (χ3n) is 1.65. The van der Waals surface area contributed by atoms with Crippen molar-refractivity contribution in [3.8, 4) is 0 Å². The maximum atomic E-state index is 5.51. The summed E-state index contributed by atoms with van der Waals surface area (Å²) in [6.45, 7) is 8.21. The summed E-state index contributed by atoms with van der Waals surface area (Å²) in [7, 11) is 3.18. The quantitative estimate of drug-likeness (QED) is 0.459. The zero-order valence-corrected chi connectivity index (χ0v) is 10.3. The van der Waals surface area contributed by atoms with E-state index in [0.717, 1.165) is 6.54 Å². The van der Waals surface area contributed by atoms with Gasteiger partial charge in [-0.2, -0.15) is 0 Å². The first-order valence-electron chi connectivity index (χ1n) is 5.06. The van der Waals surface area contributed by atoms with Crippen LogP contribution in [-0.2, 0) is 14.2 Å². The van der Waals surface area contributed by atoms with Crippen LogP contribution in [0.4, 0.5) is 0 Å². The van der Waals surface area contributed by atoms with Gasteiger partial charge >= 0.3 is 0 Å². The lowest BCUT2D eigenvalue weighted by molar-refractivity contribution is -0.378. The summed E-state index contributed by atoms with van der Waals surface area (Å²) in [6.07, 6.45) is 0.645. The van der Waals surface area contributed by atoms with Crippen molar-refractivity contribution in [3.05, 3.63) is 0 Å². The molecule has 0 spiro atoms. The Hall–Kier alpha value is 0.0569. The maximum absolute atomic E-state index is 5.51. The molecule has 0 saturated carbocycles. The average Bonchev–Trinajstić information content (AvgIpc) is 2.16. The first-order chi connectivity index (χ1) is 6.74. The van der Waals surface area contributed by atoms with Crippen molar-refractivity contribution in [3.63, 3.8) is 0 Å². The topological polar surface area (TPSA) is 39.7 Å². The van der Waals surface area contributed by atoms with Gasteiger partial charge in [-0.1, -0.05) is 0 Å². The van der Waals surface area contributed by atoms with Crippen LogP contribution < -0.4 is 4.98 Å². The summed E-state index contributed by atoms with van der Waals surface area (Å²) in [6, 6.07) is 0. The average molecular weight is 218 g/mol. The van der Waals surface area contributed by atoms with Crippen LogP contribution in [0.5, 0.6) is 0 Å². The van der Waals surface area contributed by atoms with E-state index in [1.54, 1.807) is 0 Å². The van der Waals surface area contributed by atoms with E-state index in [2.05, 4.69) is 15.4 Å². The molecule has 0 aliphatic carbocycles. The van der Waals surface area contributed by atoms with Crippen LogP contribution in [0, 0.1) is 0 Å². The molecule has 0 rings (SSSR count). The van der Waals surface area contributed by atoms with Gasteiger partial charge in [-0.15, -0.1) is 0 Å². The van der Waals surface area contributed by atoms with Gasteiger partial charge in [-0.05, 0) is 27.3 Å². The molecule has 4 nitrogen and oxygen atoms in total. The molecule has 0 heterocycles. The molecule has 5 heteroatoms. The molecule has 0 saturated heterocycles. The molecule has 83 valence electrons. The molecule has 0 atom stereocenters. The SMILES string of the molecule is CCOC(CCN[Si])(OCC)OCC. The standard InChI is InChI=1S/C9H20NO3Si/c1-4-11-9(12-5-2,13-6-3)7-8-10-14/h10H,4-8H2,1-3H3. The zero-order valence-electron chi connectivity index (χ0n) is 9.26. The minimum Gasteiger partial charge on any atom is -0.340 e. The molecule has 0 aliphatic heterocycles. The lowest BCUT2D eigenvalue weighted by Crippen LogP contribution is -2.41. The van der Waals surface area contributed by atoms with Gasteiger partial charge in [0, 0.05) is 26.2 Å². The second-order valence-corrected chi connectivity index (χ2v) is 3.01. The Morgan fingerprint density at radius 1 is 1.00 bits per heavy atom. The number of hydrogen-bond acceptors (Lipinski definition) is 4. The second-order valence-electron chi connectivity index (χ2n) is 2.66. The van der Waals surface area contributed by atoms with E-state index in [9.17, 15) is 0 Å². The molecule has 0 amide bonds. The van der Waals surface area contributed by atoms with Gasteiger partial charge < -0.3 is 19.2 Å². The van der Waals surface area contributed by atoms with Gasteiger partial charge in [0.15, 0.2) is 0 Å². The summed E-state index contributed by atoms with van der Waals surface area (Å²) in [5.41, 5.74) is 0. The van der Waals surface area contributed by atoms with Crippen LogP contribution >= 0.6 is 0 Å². The fourth-order valence-electron chi connectivity index (χ4n) is 1.22. The van der Waals surface area contributed by atoms with E-state index >= 15 is 0 Å². The molecule has 0 aromatic rings. The number of ether oxygens (including phenoxy) is 3. The molecule has 3 radical (unpaired) electrons. The molecule has 1 N–H and O–H groups in total. The van der Waals surface area contributed by atoms with E-state index in [-0.39, 0.29) is 0 Å². The second kappa shape index (κ2) is 8.37. The zero-order chi connectivity index (χ0) is 10.9. The monoisotopic (exact) mass is 218 g/mol. The molecule has 0 fully saturated rings. The highest BCUT2D eigenvalue weighted by Gasteiger charge is 2.31. The van der Waals surface area contributed by atoms with E-state index in [0.29, 0.717) is 26.2 Å². The normalized spacial score (nSPS) is 12.0. The van der Waals surface area contributed by atoms with Crippen LogP contribution in [0.25, 0.3) is 0 Å². The lowest BCUT2D eigenvalue weighted by Gasteiger charge is -2.32. The van der Waals surface area contributed by atoms with Gasteiger partial charge in [0.2, 0.25) is 0 Å². The summed E-state index contributed by atoms with van der Waals surface area (Å²) >= 11 is 0. The largest absolute Gasteiger partial charge is 0.340 e. The van der Waals surface area contributed by atoms with Crippen LogP contribution in [0.2, 0.25) is 0 Å². The van der Waals surface area contributed by atoms with Crippen LogP contribution in [0.3, 0.4) is 0 Å². The van der Waals surface area contributed by atoms with Crippen molar-refractivity contribution in [2.24, 2.45) is 0 Å². The first kappa shape index (κ1) is 14.1. The molecule has 0 bridgehead atoms. The first-order valence-corrected chi connectivity index (χ1v) is 5.56. The molecule has 0 aliphatic rings. The minimum atomic E-state index is -0.891. The molecular formula is C9H20NO3Si. The number of nitrogens with one attached hydrogen (secondary N) is 1. The molecule has 0 aromatic heterocycles. The Morgan fingerprint density at radius 2 is 1.43 bits per heavy atom. The van der Waals surface area contributed by atoms with Crippen molar-refractivity contribution in [1.82, 2.24) is 4.98 Å². The van der Waals surface area contributed by atoms with E-state index in [4.69, 9.17) is 14.2 Å². The highest BCUT2D eigenvalue weighted by Crippen LogP contribution is 2.19. The number of rotatable bonds is 9. The van der Waals surface area contributed by atoms with Crippen molar-refractivity contribution in [2.45, 2.75) is 33.2 Å². The predicted molar refractivity (Wildman–Crippen MR) is 56.0 cm³/mol. The predicted octanol–water partition coefficient (Wildman–Crippen LogP) is 0.813. The van der Waals surface area contributed by atoms with Gasteiger partial charge in [-0.25, -0.2) is 0 Å². The summed E-state index contributed by atoms with van der Waals surface area (Å²) in [5.74, 6) is -0.891. The van der Waals surface area contributed by atoms with Gasteiger partial charge in [-0.3, -0.25) is 0 Å². The molecule has 14 heavy (non-hydrogen) atoms. The van der Waals surface area contributed by atoms with Crippen molar-refractivity contribution in [2.75, 3.05) is 26.4 Å². The third-order valence-corrected chi connectivity index (χ3v) is 1.90. The fraction of sp³-hybridized carbons (Fsp3) is 1.00. The highest BCUT2D eigenvalue weighted by atomic mass is 28.2. The summed E-state index contributed by atoms with van der Waals surface area (Å²) in [5, 5.41) is 0. The minimum absolute atomic E-state index is 0.571. The van der Waals surface area contributed by atoms with Gasteiger partial charge in [0.25, 0.3) is 5.97 Å². The lowest BCUT2D eigenvalue weighted by atomic mass is 10.3. The fourth-order valence-corrected chi connectivity index (χ4v) is 1.34. The van der Waals surface area contributed by atoms with Crippen LogP contribution in [0.1, 0.15) is 27.2 Å². The van der Waals surface area contributed by atoms with Crippen LogP contribution in [-0.4, -0.2) is 42.7 Å². The van der Waals surface area contributed by atoms with Crippen molar-refractivity contribution < 1.29 is 14.2 Å². The molecular weight excluding hydrogens is 198 g/mol. The smallest absolute Gasteiger partial charge is 0.284 e. The Morgan fingerprint density at radius 3 is 1.71 bits per heavy atom. The van der Waals surface area contributed by atoms with Gasteiger partial charge in [0.05, 0.1) is 0 Å². The Bertz CT molecular complexity index is 118. The highest BCUT2D eigenvalue weighted by molar-refractivity contribution is 6.04. The maximum Gasteiger partial charge on any atom is 0.284 e. The van der Waals surface area contributed by atoms with E-state index < -0.39 is 5.97 Å². The van der Waals surface area contributed by atoms with Crippen LogP contribution in [0.15, 0.2) is 0 Å². The van der Waals surface area contributed by atoms with E-state index in [1.807, 2.05) is 20.8 Å². The summed E-state index contributed by atoms with van der Waals surface area (Å²) in [4.78, 5) is 2.86. The molecule has 0 unspecified atom stereocenters. The van der Waals surface area contributed by atoms with Gasteiger partial charge in [0.1, 0.15) is 10.4 Å². The third kappa shape index (κ3) is 5.07. The Kier molecular flexibility index (Phi) is 8.41. The molecule has 0 aromatic carbocycles. The Balaban J connectivity index is 4.21. The van der Waals surface area contributed by atoms with E-state index in [1.165, 1.54) is 0 Å². The Labute approximate surface area is 89.8 Å².